The summed E-state index contributed by atoms with van der Waals surface area (Å²) in [5.41, 5.74) is 0. The zero-order valence-electron chi connectivity index (χ0n) is 10.6. The lowest BCUT2D eigenvalue weighted by molar-refractivity contribution is -0.151. The van der Waals surface area contributed by atoms with Crippen LogP contribution in [0.1, 0.15) is 19.8 Å². The summed E-state index contributed by atoms with van der Waals surface area (Å²) in [4.78, 5) is 14.2. The summed E-state index contributed by atoms with van der Waals surface area (Å²) >= 11 is 0. The molecule has 1 heterocycles. The number of hydrogen-bond donors (Lipinski definition) is 0. The Labute approximate surface area is 103 Å². The van der Waals surface area contributed by atoms with E-state index < -0.39 is 0 Å². The first-order valence-electron chi connectivity index (χ1n) is 6.29. The van der Waals surface area contributed by atoms with Gasteiger partial charge in [-0.2, -0.15) is 0 Å². The summed E-state index contributed by atoms with van der Waals surface area (Å²) in [7, 11) is 1.66. The first-order valence-corrected chi connectivity index (χ1v) is 6.29. The molecule has 96 valence electrons. The first-order chi connectivity index (χ1) is 8.20. The molecule has 0 saturated carbocycles. The van der Waals surface area contributed by atoms with Crippen molar-refractivity contribution in [3.63, 3.8) is 0 Å². The predicted octanol–water partition coefficient (Wildman–Crippen LogP) is 1.21. The molecule has 4 heteroatoms. The number of carbonyl (C=O) groups excluding carboxylic acids is 1. The van der Waals surface area contributed by atoms with Crippen LogP contribution in [0.4, 0.5) is 0 Å². The molecule has 0 unspecified atom stereocenters. The van der Waals surface area contributed by atoms with Crippen molar-refractivity contribution in [2.24, 2.45) is 5.92 Å². The molecule has 2 rings (SSSR count). The number of carbonyl (C=O) groups is 1. The van der Waals surface area contributed by atoms with Crippen LogP contribution in [0.3, 0.4) is 0 Å². The summed E-state index contributed by atoms with van der Waals surface area (Å²) in [6.07, 6.45) is 6.08. The Morgan fingerprint density at radius 2 is 2.12 bits per heavy atom. The molecule has 1 amide bonds. The molecule has 0 radical (unpaired) electrons. The highest BCUT2D eigenvalue weighted by atomic mass is 16.5. The number of hydrogen-bond acceptors (Lipinski definition) is 3. The fourth-order valence-corrected chi connectivity index (χ4v) is 2.58. The minimum Gasteiger partial charge on any atom is -0.382 e. The third-order valence-electron chi connectivity index (χ3n) is 3.35. The largest absolute Gasteiger partial charge is 0.382 e. The lowest BCUT2D eigenvalue weighted by Gasteiger charge is -2.37. The van der Waals surface area contributed by atoms with Crippen LogP contribution in [0.2, 0.25) is 0 Å². The van der Waals surface area contributed by atoms with Crippen molar-refractivity contribution in [3.05, 3.63) is 12.2 Å². The van der Waals surface area contributed by atoms with Crippen LogP contribution in [0, 0.1) is 5.92 Å². The molecular weight excluding hydrogens is 218 g/mol. The van der Waals surface area contributed by atoms with Gasteiger partial charge in [0.25, 0.3) is 0 Å². The molecule has 0 aromatic heterocycles. The minimum atomic E-state index is 0.0158. The normalized spacial score (nSPS) is 29.9. The lowest BCUT2D eigenvalue weighted by atomic mass is 10.0. The highest BCUT2D eigenvalue weighted by Crippen LogP contribution is 2.22. The second kappa shape index (κ2) is 5.65. The van der Waals surface area contributed by atoms with Crippen molar-refractivity contribution < 1.29 is 14.3 Å². The quantitative estimate of drug-likeness (QED) is 0.695. The Hall–Kier alpha value is -0.870. The molecular formula is C13H21NO3. The van der Waals surface area contributed by atoms with Gasteiger partial charge in [-0.25, -0.2) is 0 Å². The monoisotopic (exact) mass is 239 g/mol. The average Bonchev–Trinajstić information content (AvgIpc) is 2.81. The van der Waals surface area contributed by atoms with E-state index >= 15 is 0 Å². The summed E-state index contributed by atoms with van der Waals surface area (Å²) in [6, 6.07) is 0. The lowest BCUT2D eigenvalue weighted by Crippen LogP contribution is -2.51. The van der Waals surface area contributed by atoms with Gasteiger partial charge in [0.15, 0.2) is 0 Å². The second-order valence-corrected chi connectivity index (χ2v) is 4.91. The SMILES string of the molecule is COC[C@@H]1CN(C(=O)C2CC=CC2)C[C@@H](C)O1. The van der Waals surface area contributed by atoms with Crippen molar-refractivity contribution in [2.45, 2.75) is 32.0 Å². The van der Waals surface area contributed by atoms with Crippen LogP contribution < -0.4 is 0 Å². The van der Waals surface area contributed by atoms with Gasteiger partial charge in [-0.3, -0.25) is 4.79 Å². The fraction of sp³-hybridized carbons (Fsp3) is 0.769. The maximum absolute atomic E-state index is 12.3. The molecule has 2 atom stereocenters. The van der Waals surface area contributed by atoms with Crippen LogP contribution >= 0.6 is 0 Å². The number of nitrogens with zero attached hydrogens (tertiary/aromatic N) is 1. The minimum absolute atomic E-state index is 0.0158. The van der Waals surface area contributed by atoms with Gasteiger partial charge in [-0.1, -0.05) is 12.2 Å². The second-order valence-electron chi connectivity index (χ2n) is 4.91. The van der Waals surface area contributed by atoms with Gasteiger partial charge >= 0.3 is 0 Å². The maximum Gasteiger partial charge on any atom is 0.226 e. The van der Waals surface area contributed by atoms with Gasteiger partial charge in [0, 0.05) is 26.1 Å². The smallest absolute Gasteiger partial charge is 0.226 e. The number of ether oxygens (including phenoxy) is 2. The third-order valence-corrected chi connectivity index (χ3v) is 3.35. The molecule has 0 N–H and O–H groups in total. The molecule has 17 heavy (non-hydrogen) atoms. The predicted molar refractivity (Wildman–Crippen MR) is 64.7 cm³/mol. The Bertz CT molecular complexity index is 295. The van der Waals surface area contributed by atoms with Gasteiger partial charge in [-0.15, -0.1) is 0 Å². The molecule has 1 aliphatic carbocycles. The number of morpholine rings is 1. The van der Waals surface area contributed by atoms with Crippen molar-refractivity contribution in [1.82, 2.24) is 4.90 Å². The van der Waals surface area contributed by atoms with E-state index in [0.717, 1.165) is 12.8 Å². The Kier molecular flexibility index (Phi) is 4.18. The number of amides is 1. The summed E-state index contributed by atoms with van der Waals surface area (Å²) in [6.45, 7) is 3.93. The number of methoxy groups -OCH3 is 1. The fourth-order valence-electron chi connectivity index (χ4n) is 2.58. The highest BCUT2D eigenvalue weighted by molar-refractivity contribution is 5.79. The van der Waals surface area contributed by atoms with E-state index in [0.29, 0.717) is 19.7 Å². The number of allylic oxidation sites excluding steroid dienone is 2. The standard InChI is InChI=1S/C13H21NO3/c1-10-7-14(8-12(17-10)9-16-2)13(15)11-5-3-4-6-11/h3-4,10-12H,5-9H2,1-2H3/t10-,12+/m1/s1. The summed E-state index contributed by atoms with van der Waals surface area (Å²) in [5.74, 6) is 0.426. The Morgan fingerprint density at radius 1 is 1.41 bits per heavy atom. The van der Waals surface area contributed by atoms with Gasteiger partial charge in [0.05, 0.1) is 18.8 Å². The van der Waals surface area contributed by atoms with Gasteiger partial charge in [0.1, 0.15) is 0 Å². The molecule has 0 bridgehead atoms. The van der Waals surface area contributed by atoms with E-state index in [-0.39, 0.29) is 24.0 Å². The van der Waals surface area contributed by atoms with E-state index in [1.165, 1.54) is 0 Å². The highest BCUT2D eigenvalue weighted by Gasteiger charge is 2.32. The summed E-state index contributed by atoms with van der Waals surface area (Å²) < 4.78 is 10.8. The Morgan fingerprint density at radius 3 is 2.76 bits per heavy atom. The maximum atomic E-state index is 12.3. The van der Waals surface area contributed by atoms with E-state index in [4.69, 9.17) is 9.47 Å². The molecule has 1 aliphatic heterocycles. The molecule has 0 spiro atoms. The molecule has 4 nitrogen and oxygen atoms in total. The van der Waals surface area contributed by atoms with Crippen LogP contribution in [0.15, 0.2) is 12.2 Å². The van der Waals surface area contributed by atoms with Crippen LogP contribution in [0.5, 0.6) is 0 Å². The van der Waals surface area contributed by atoms with E-state index in [2.05, 4.69) is 12.2 Å². The van der Waals surface area contributed by atoms with Gasteiger partial charge < -0.3 is 14.4 Å². The summed E-state index contributed by atoms with van der Waals surface area (Å²) in [5, 5.41) is 0. The van der Waals surface area contributed by atoms with Gasteiger partial charge in [0.2, 0.25) is 5.91 Å². The zero-order valence-corrected chi connectivity index (χ0v) is 10.6. The van der Waals surface area contributed by atoms with Crippen LogP contribution in [-0.4, -0.2) is 49.8 Å². The molecule has 0 aromatic rings. The van der Waals surface area contributed by atoms with Gasteiger partial charge in [-0.05, 0) is 19.8 Å². The van der Waals surface area contributed by atoms with Crippen molar-refractivity contribution in [3.8, 4) is 0 Å². The topological polar surface area (TPSA) is 38.8 Å². The van der Waals surface area contributed by atoms with Crippen molar-refractivity contribution in [1.29, 1.82) is 0 Å². The molecule has 1 fully saturated rings. The van der Waals surface area contributed by atoms with E-state index in [9.17, 15) is 4.79 Å². The molecule has 2 aliphatic rings. The zero-order chi connectivity index (χ0) is 12.3. The average molecular weight is 239 g/mol. The molecule has 1 saturated heterocycles. The van der Waals surface area contributed by atoms with Crippen LogP contribution in [-0.2, 0) is 14.3 Å². The van der Waals surface area contributed by atoms with Crippen molar-refractivity contribution in [2.75, 3.05) is 26.8 Å². The van der Waals surface area contributed by atoms with Crippen LogP contribution in [0.25, 0.3) is 0 Å². The van der Waals surface area contributed by atoms with E-state index in [1.807, 2.05) is 11.8 Å². The van der Waals surface area contributed by atoms with Crippen molar-refractivity contribution >= 4 is 5.91 Å². The third kappa shape index (κ3) is 3.07. The number of rotatable bonds is 3. The Balaban J connectivity index is 1.92. The molecule has 0 aromatic carbocycles. The van der Waals surface area contributed by atoms with E-state index in [1.54, 1.807) is 7.11 Å². The first kappa shape index (κ1) is 12.6.